The van der Waals surface area contributed by atoms with Crippen LogP contribution in [0.15, 0.2) is 24.3 Å². The maximum Gasteiger partial charge on any atom is 0.318 e. The normalized spacial score (nSPS) is 12.4. The van der Waals surface area contributed by atoms with Crippen molar-refractivity contribution < 1.29 is 18.7 Å². The molecule has 0 fully saturated rings. The number of rotatable bonds is 6. The summed E-state index contributed by atoms with van der Waals surface area (Å²) in [5.74, 6) is -2.27. The molecule has 0 spiro atoms. The maximum absolute atomic E-state index is 13.1. The molecule has 0 bridgehead atoms. The Balaban J connectivity index is 3.15. The SMILES string of the molecule is CCOC(=O)C(C(=O)N(c1ccc(F)cc1)C(C)C)C(C)C. The molecule has 5 heteroatoms. The fourth-order valence-electron chi connectivity index (χ4n) is 2.32. The topological polar surface area (TPSA) is 46.6 Å². The summed E-state index contributed by atoms with van der Waals surface area (Å²) >= 11 is 0. The molecule has 0 aromatic heterocycles. The third-order valence-electron chi connectivity index (χ3n) is 3.33. The minimum atomic E-state index is -0.868. The number of halogens is 1. The molecule has 1 amide bonds. The van der Waals surface area contributed by atoms with Gasteiger partial charge in [-0.05, 0) is 51.0 Å². The largest absolute Gasteiger partial charge is 0.465 e. The first-order chi connectivity index (χ1) is 10.3. The fraction of sp³-hybridized carbons (Fsp3) is 0.529. The summed E-state index contributed by atoms with van der Waals surface area (Å²) in [6.07, 6.45) is 0. The average molecular weight is 309 g/mol. The molecule has 1 atom stereocenters. The van der Waals surface area contributed by atoms with E-state index in [0.717, 1.165) is 0 Å². The Morgan fingerprint density at radius 2 is 1.68 bits per heavy atom. The summed E-state index contributed by atoms with van der Waals surface area (Å²) in [4.78, 5) is 26.5. The number of nitrogens with zero attached hydrogens (tertiary/aromatic N) is 1. The Hall–Kier alpha value is -1.91. The van der Waals surface area contributed by atoms with Crippen LogP contribution in [-0.2, 0) is 14.3 Å². The summed E-state index contributed by atoms with van der Waals surface area (Å²) in [7, 11) is 0. The molecule has 122 valence electrons. The molecule has 0 saturated heterocycles. The van der Waals surface area contributed by atoms with Crippen LogP contribution in [0.2, 0.25) is 0 Å². The smallest absolute Gasteiger partial charge is 0.318 e. The third kappa shape index (κ3) is 4.29. The number of esters is 1. The number of hydrogen-bond donors (Lipinski definition) is 0. The van der Waals surface area contributed by atoms with Crippen LogP contribution in [-0.4, -0.2) is 24.5 Å². The Kier molecular flexibility index (Phi) is 6.53. The van der Waals surface area contributed by atoms with Gasteiger partial charge in [0.05, 0.1) is 6.61 Å². The van der Waals surface area contributed by atoms with Crippen molar-refractivity contribution in [2.75, 3.05) is 11.5 Å². The molecule has 0 saturated carbocycles. The molecular formula is C17H24FNO3. The van der Waals surface area contributed by atoms with E-state index in [2.05, 4.69) is 0 Å². The van der Waals surface area contributed by atoms with Crippen LogP contribution in [0.1, 0.15) is 34.6 Å². The summed E-state index contributed by atoms with van der Waals surface area (Å²) in [6.45, 7) is 9.26. The first-order valence-corrected chi connectivity index (χ1v) is 7.54. The standard InChI is InChI=1S/C17H24FNO3/c1-6-22-17(21)15(11(2)3)16(20)19(12(4)5)14-9-7-13(18)8-10-14/h7-12,15H,6H2,1-5H3. The van der Waals surface area contributed by atoms with Gasteiger partial charge in [-0.3, -0.25) is 9.59 Å². The van der Waals surface area contributed by atoms with Gasteiger partial charge in [0, 0.05) is 11.7 Å². The number of amides is 1. The van der Waals surface area contributed by atoms with Crippen LogP contribution in [0, 0.1) is 17.7 Å². The quantitative estimate of drug-likeness (QED) is 0.597. The van der Waals surface area contributed by atoms with E-state index in [-0.39, 0.29) is 30.3 Å². The molecule has 1 aromatic rings. The van der Waals surface area contributed by atoms with E-state index in [9.17, 15) is 14.0 Å². The van der Waals surface area contributed by atoms with E-state index >= 15 is 0 Å². The second kappa shape index (κ2) is 7.92. The van der Waals surface area contributed by atoms with Crippen molar-refractivity contribution >= 4 is 17.6 Å². The molecule has 0 aliphatic rings. The molecule has 0 N–H and O–H groups in total. The molecular weight excluding hydrogens is 285 g/mol. The molecule has 1 rings (SSSR count). The van der Waals surface area contributed by atoms with Crippen LogP contribution >= 0.6 is 0 Å². The van der Waals surface area contributed by atoms with E-state index in [1.807, 2.05) is 27.7 Å². The number of carbonyl (C=O) groups excluding carboxylic acids is 2. The van der Waals surface area contributed by atoms with E-state index in [0.29, 0.717) is 5.69 Å². The maximum atomic E-state index is 13.1. The average Bonchev–Trinajstić information content (AvgIpc) is 2.40. The number of benzene rings is 1. The highest BCUT2D eigenvalue weighted by Gasteiger charge is 2.36. The van der Waals surface area contributed by atoms with Crippen molar-refractivity contribution in [1.29, 1.82) is 0 Å². The molecule has 0 aliphatic carbocycles. The van der Waals surface area contributed by atoms with Crippen LogP contribution < -0.4 is 4.90 Å². The number of ether oxygens (including phenoxy) is 1. The highest BCUT2D eigenvalue weighted by molar-refractivity contribution is 6.06. The van der Waals surface area contributed by atoms with Gasteiger partial charge in [-0.1, -0.05) is 13.8 Å². The Morgan fingerprint density at radius 3 is 2.09 bits per heavy atom. The molecule has 0 radical (unpaired) electrons. The van der Waals surface area contributed by atoms with E-state index in [1.165, 1.54) is 29.2 Å². The number of hydrogen-bond acceptors (Lipinski definition) is 3. The lowest BCUT2D eigenvalue weighted by Gasteiger charge is -2.31. The second-order valence-corrected chi connectivity index (χ2v) is 5.75. The van der Waals surface area contributed by atoms with Crippen molar-refractivity contribution in [3.8, 4) is 0 Å². The first-order valence-electron chi connectivity index (χ1n) is 7.54. The van der Waals surface area contributed by atoms with Gasteiger partial charge in [-0.15, -0.1) is 0 Å². The van der Waals surface area contributed by atoms with E-state index < -0.39 is 11.9 Å². The van der Waals surface area contributed by atoms with Gasteiger partial charge >= 0.3 is 5.97 Å². The number of carbonyl (C=O) groups is 2. The molecule has 1 aromatic carbocycles. The van der Waals surface area contributed by atoms with Gasteiger partial charge in [0.1, 0.15) is 11.7 Å². The summed E-state index contributed by atoms with van der Waals surface area (Å²) in [5.41, 5.74) is 0.566. The molecule has 0 aliphatic heterocycles. The van der Waals surface area contributed by atoms with Crippen LogP contribution in [0.3, 0.4) is 0 Å². The monoisotopic (exact) mass is 309 g/mol. The van der Waals surface area contributed by atoms with Gasteiger partial charge in [0.15, 0.2) is 0 Å². The zero-order valence-electron chi connectivity index (χ0n) is 13.8. The summed E-state index contributed by atoms with van der Waals surface area (Å²) < 4.78 is 18.1. The van der Waals surface area contributed by atoms with Crippen molar-refractivity contribution in [1.82, 2.24) is 0 Å². The second-order valence-electron chi connectivity index (χ2n) is 5.75. The van der Waals surface area contributed by atoms with Crippen LogP contribution in [0.25, 0.3) is 0 Å². The van der Waals surface area contributed by atoms with Crippen molar-refractivity contribution in [2.24, 2.45) is 11.8 Å². The Bertz CT molecular complexity index is 511. The highest BCUT2D eigenvalue weighted by Crippen LogP contribution is 2.24. The zero-order valence-corrected chi connectivity index (χ0v) is 13.8. The molecule has 0 heterocycles. The fourth-order valence-corrected chi connectivity index (χ4v) is 2.32. The van der Waals surface area contributed by atoms with Crippen molar-refractivity contribution in [2.45, 2.75) is 40.7 Å². The van der Waals surface area contributed by atoms with Gasteiger partial charge in [0.25, 0.3) is 0 Å². The highest BCUT2D eigenvalue weighted by atomic mass is 19.1. The lowest BCUT2D eigenvalue weighted by molar-refractivity contribution is -0.153. The third-order valence-corrected chi connectivity index (χ3v) is 3.33. The van der Waals surface area contributed by atoms with Crippen LogP contribution in [0.5, 0.6) is 0 Å². The van der Waals surface area contributed by atoms with Gasteiger partial charge in [-0.2, -0.15) is 0 Å². The number of anilines is 1. The summed E-state index contributed by atoms with van der Waals surface area (Å²) in [5, 5.41) is 0. The van der Waals surface area contributed by atoms with Gasteiger partial charge < -0.3 is 9.64 Å². The van der Waals surface area contributed by atoms with E-state index in [4.69, 9.17) is 4.74 Å². The minimum Gasteiger partial charge on any atom is -0.465 e. The summed E-state index contributed by atoms with van der Waals surface area (Å²) in [6, 6.07) is 5.51. The molecule has 1 unspecified atom stereocenters. The minimum absolute atomic E-state index is 0.159. The predicted octanol–water partition coefficient (Wildman–Crippen LogP) is 3.40. The molecule has 22 heavy (non-hydrogen) atoms. The Morgan fingerprint density at radius 1 is 1.14 bits per heavy atom. The molecule has 4 nitrogen and oxygen atoms in total. The van der Waals surface area contributed by atoms with Crippen molar-refractivity contribution in [3.63, 3.8) is 0 Å². The first kappa shape index (κ1) is 18.1. The Labute approximate surface area is 131 Å². The zero-order chi connectivity index (χ0) is 16.9. The van der Waals surface area contributed by atoms with Gasteiger partial charge in [0.2, 0.25) is 5.91 Å². The van der Waals surface area contributed by atoms with E-state index in [1.54, 1.807) is 6.92 Å². The predicted molar refractivity (Wildman–Crippen MR) is 84.0 cm³/mol. The van der Waals surface area contributed by atoms with Crippen LogP contribution in [0.4, 0.5) is 10.1 Å². The van der Waals surface area contributed by atoms with Gasteiger partial charge in [-0.25, -0.2) is 4.39 Å². The lowest BCUT2D eigenvalue weighted by Crippen LogP contribution is -2.46. The van der Waals surface area contributed by atoms with Crippen molar-refractivity contribution in [3.05, 3.63) is 30.1 Å². The lowest BCUT2D eigenvalue weighted by atomic mass is 9.93.